The maximum absolute atomic E-state index is 13.0. The van der Waals surface area contributed by atoms with E-state index in [2.05, 4.69) is 10.3 Å². The molecule has 90 valence electrons. The van der Waals surface area contributed by atoms with Crippen LogP contribution in [0, 0.1) is 11.6 Å². The zero-order valence-electron chi connectivity index (χ0n) is 9.28. The highest BCUT2D eigenvalue weighted by Gasteiger charge is 2.08. The topological polar surface area (TPSA) is 24.9 Å². The van der Waals surface area contributed by atoms with Crippen molar-refractivity contribution in [1.82, 2.24) is 10.3 Å². The van der Waals surface area contributed by atoms with Gasteiger partial charge in [0, 0.05) is 30.2 Å². The predicted molar refractivity (Wildman–Crippen MR) is 63.7 cm³/mol. The molecule has 1 heterocycles. The summed E-state index contributed by atoms with van der Waals surface area (Å²) in [6.07, 6.45) is 1.73. The molecule has 17 heavy (non-hydrogen) atoms. The largest absolute Gasteiger partial charge is 0.304 e. The minimum Gasteiger partial charge on any atom is -0.304 e. The summed E-state index contributed by atoms with van der Waals surface area (Å²) in [5.41, 5.74) is 0.596. The fourth-order valence-corrected chi connectivity index (χ4v) is 2.09. The molecule has 0 aliphatic carbocycles. The molecular formula is C12H12F2N2S. The smallest absolute Gasteiger partial charge is 0.126 e. The Labute approximate surface area is 102 Å². The minimum absolute atomic E-state index is 0.121. The molecule has 0 spiro atoms. The Morgan fingerprint density at radius 2 is 2.00 bits per heavy atom. The van der Waals surface area contributed by atoms with Crippen LogP contribution in [0.25, 0.3) is 0 Å². The van der Waals surface area contributed by atoms with Crippen molar-refractivity contribution in [3.8, 4) is 0 Å². The van der Waals surface area contributed by atoms with E-state index in [9.17, 15) is 8.78 Å². The van der Waals surface area contributed by atoms with Gasteiger partial charge in [-0.2, -0.15) is 0 Å². The zero-order chi connectivity index (χ0) is 12.3. The third-order valence-corrected chi connectivity index (χ3v) is 3.21. The van der Waals surface area contributed by atoms with Crippen LogP contribution in [0.2, 0.25) is 0 Å². The molecule has 2 nitrogen and oxygen atoms in total. The number of nitrogens with zero attached hydrogens (tertiary/aromatic N) is 1. The number of rotatable bonds is 4. The van der Waals surface area contributed by atoms with Crippen LogP contribution in [-0.4, -0.2) is 4.98 Å². The summed E-state index contributed by atoms with van der Waals surface area (Å²) in [5.74, 6) is -1.11. The van der Waals surface area contributed by atoms with Gasteiger partial charge in [-0.05, 0) is 24.6 Å². The van der Waals surface area contributed by atoms with Gasteiger partial charge in [0.05, 0.1) is 0 Å². The number of nitrogens with one attached hydrogen (secondary N) is 1. The maximum Gasteiger partial charge on any atom is 0.126 e. The Hall–Kier alpha value is -1.33. The quantitative estimate of drug-likeness (QED) is 0.905. The first-order valence-corrected chi connectivity index (χ1v) is 6.11. The highest BCUT2D eigenvalue weighted by molar-refractivity contribution is 7.09. The van der Waals surface area contributed by atoms with E-state index in [0.717, 1.165) is 11.1 Å². The van der Waals surface area contributed by atoms with Crippen molar-refractivity contribution in [2.24, 2.45) is 0 Å². The lowest BCUT2D eigenvalue weighted by Crippen LogP contribution is -2.18. The molecule has 0 amide bonds. The number of benzene rings is 1. The van der Waals surface area contributed by atoms with E-state index in [0.29, 0.717) is 12.1 Å². The van der Waals surface area contributed by atoms with Crippen LogP contribution >= 0.6 is 11.3 Å². The first-order chi connectivity index (χ1) is 8.15. The van der Waals surface area contributed by atoms with Crippen molar-refractivity contribution in [2.75, 3.05) is 0 Å². The van der Waals surface area contributed by atoms with E-state index in [4.69, 9.17) is 0 Å². The molecule has 5 heteroatoms. The van der Waals surface area contributed by atoms with Crippen LogP contribution < -0.4 is 5.32 Å². The van der Waals surface area contributed by atoms with E-state index in [1.54, 1.807) is 17.5 Å². The lowest BCUT2D eigenvalue weighted by Gasteiger charge is -2.13. The van der Waals surface area contributed by atoms with Crippen molar-refractivity contribution >= 4 is 11.3 Å². The van der Waals surface area contributed by atoms with E-state index in [1.807, 2.05) is 12.3 Å². The number of halogens is 2. The lowest BCUT2D eigenvalue weighted by atomic mass is 10.1. The van der Waals surface area contributed by atoms with Crippen LogP contribution in [-0.2, 0) is 6.54 Å². The van der Waals surface area contributed by atoms with E-state index in [-0.39, 0.29) is 6.04 Å². The van der Waals surface area contributed by atoms with Gasteiger partial charge in [-0.1, -0.05) is 0 Å². The van der Waals surface area contributed by atoms with Crippen LogP contribution in [0.1, 0.15) is 23.5 Å². The second-order valence-electron chi connectivity index (χ2n) is 3.73. The standard InChI is InChI=1S/C12H12F2N2S/c1-8(16-7-12-15-2-3-17-12)9-4-10(13)6-11(14)5-9/h2-6,8,16H,7H2,1H3. The van der Waals surface area contributed by atoms with E-state index < -0.39 is 11.6 Å². The Morgan fingerprint density at radius 1 is 1.29 bits per heavy atom. The fourth-order valence-electron chi connectivity index (χ4n) is 1.52. The third kappa shape index (κ3) is 3.31. The van der Waals surface area contributed by atoms with Gasteiger partial charge in [-0.15, -0.1) is 11.3 Å². The third-order valence-electron chi connectivity index (χ3n) is 2.43. The second-order valence-corrected chi connectivity index (χ2v) is 4.71. The van der Waals surface area contributed by atoms with Gasteiger partial charge >= 0.3 is 0 Å². The molecule has 1 unspecified atom stereocenters. The summed E-state index contributed by atoms with van der Waals surface area (Å²) < 4.78 is 26.0. The number of hydrogen-bond acceptors (Lipinski definition) is 3. The number of thiazole rings is 1. The average Bonchev–Trinajstić information content (AvgIpc) is 2.77. The molecule has 1 aromatic carbocycles. The summed E-state index contributed by atoms with van der Waals surface area (Å²) in [6, 6.07) is 3.42. The molecule has 1 aromatic heterocycles. The Morgan fingerprint density at radius 3 is 2.59 bits per heavy atom. The zero-order valence-corrected chi connectivity index (χ0v) is 10.1. The van der Waals surface area contributed by atoms with Gasteiger partial charge in [-0.3, -0.25) is 0 Å². The average molecular weight is 254 g/mol. The lowest BCUT2D eigenvalue weighted by molar-refractivity contribution is 0.545. The molecule has 0 aliphatic heterocycles. The molecule has 0 saturated heterocycles. The van der Waals surface area contributed by atoms with Crippen molar-refractivity contribution in [2.45, 2.75) is 19.5 Å². The highest BCUT2D eigenvalue weighted by atomic mass is 32.1. The molecule has 1 atom stereocenters. The first-order valence-electron chi connectivity index (χ1n) is 5.23. The van der Waals surface area contributed by atoms with Crippen LogP contribution in [0.15, 0.2) is 29.8 Å². The van der Waals surface area contributed by atoms with Crippen molar-refractivity contribution in [3.05, 3.63) is 52.0 Å². The number of hydrogen-bond donors (Lipinski definition) is 1. The van der Waals surface area contributed by atoms with Gasteiger partial charge in [0.15, 0.2) is 0 Å². The van der Waals surface area contributed by atoms with Gasteiger partial charge in [0.25, 0.3) is 0 Å². The second kappa shape index (κ2) is 5.33. The summed E-state index contributed by atoms with van der Waals surface area (Å²) in [7, 11) is 0. The fraction of sp³-hybridized carbons (Fsp3) is 0.250. The minimum atomic E-state index is -0.553. The summed E-state index contributed by atoms with van der Waals surface area (Å²) in [4.78, 5) is 4.12. The summed E-state index contributed by atoms with van der Waals surface area (Å²) in [6.45, 7) is 2.46. The molecule has 0 fully saturated rings. The van der Waals surface area contributed by atoms with Crippen molar-refractivity contribution in [1.29, 1.82) is 0 Å². The summed E-state index contributed by atoms with van der Waals surface area (Å²) >= 11 is 1.54. The molecule has 1 N–H and O–H groups in total. The summed E-state index contributed by atoms with van der Waals surface area (Å²) in [5, 5.41) is 6.02. The van der Waals surface area contributed by atoms with Gasteiger partial charge in [-0.25, -0.2) is 13.8 Å². The van der Waals surface area contributed by atoms with Gasteiger partial charge in [0.1, 0.15) is 16.6 Å². The molecule has 0 bridgehead atoms. The van der Waals surface area contributed by atoms with Crippen LogP contribution in [0.4, 0.5) is 8.78 Å². The highest BCUT2D eigenvalue weighted by Crippen LogP contribution is 2.16. The maximum atomic E-state index is 13.0. The number of aromatic nitrogens is 1. The molecule has 2 rings (SSSR count). The van der Waals surface area contributed by atoms with Gasteiger partial charge < -0.3 is 5.32 Å². The first kappa shape index (κ1) is 12.1. The van der Waals surface area contributed by atoms with E-state index in [1.165, 1.54) is 12.1 Å². The van der Waals surface area contributed by atoms with Crippen LogP contribution in [0.5, 0.6) is 0 Å². The SMILES string of the molecule is CC(NCc1nccs1)c1cc(F)cc(F)c1. The van der Waals surface area contributed by atoms with E-state index >= 15 is 0 Å². The monoisotopic (exact) mass is 254 g/mol. The Balaban J connectivity index is 2.01. The Kier molecular flexibility index (Phi) is 3.81. The molecule has 2 aromatic rings. The molecule has 0 radical (unpaired) electrons. The molecule has 0 aliphatic rings. The molecular weight excluding hydrogens is 242 g/mol. The van der Waals surface area contributed by atoms with Gasteiger partial charge in [0.2, 0.25) is 0 Å². The predicted octanol–water partition coefficient (Wildman–Crippen LogP) is 3.27. The normalized spacial score (nSPS) is 12.6. The van der Waals surface area contributed by atoms with Crippen molar-refractivity contribution < 1.29 is 8.78 Å². The Bertz CT molecular complexity index is 465. The van der Waals surface area contributed by atoms with Crippen molar-refractivity contribution in [3.63, 3.8) is 0 Å². The van der Waals surface area contributed by atoms with Crippen LogP contribution in [0.3, 0.4) is 0 Å². The molecule has 0 saturated carbocycles.